The second-order valence-electron chi connectivity index (χ2n) is 9.61. The highest BCUT2D eigenvalue weighted by Gasteiger charge is 2.58. The number of piperidine rings is 1. The van der Waals surface area contributed by atoms with E-state index in [2.05, 4.69) is 30.0 Å². The number of hydrogen-bond donors (Lipinski definition) is 0. The summed E-state index contributed by atoms with van der Waals surface area (Å²) in [6.45, 7) is 4.75. The summed E-state index contributed by atoms with van der Waals surface area (Å²) >= 11 is 0. The van der Waals surface area contributed by atoms with Crippen LogP contribution in [0.2, 0.25) is 0 Å². The minimum atomic E-state index is 0. The van der Waals surface area contributed by atoms with Gasteiger partial charge in [0.2, 0.25) is 0 Å². The van der Waals surface area contributed by atoms with Gasteiger partial charge in [-0.2, -0.15) is 0 Å². The van der Waals surface area contributed by atoms with Crippen molar-refractivity contribution in [1.29, 1.82) is 0 Å². The van der Waals surface area contributed by atoms with Gasteiger partial charge >= 0.3 is 0 Å². The topological polar surface area (TPSA) is 29.5 Å². The molecule has 0 radical (unpaired) electrons. The SMILES string of the molecule is CC[C@H]1CC(=O)C[C@]23CCN(CC4CCC4)[C@H](Cc4ccc(OC)cc42)[C@H]13.Cl. The number of likely N-dealkylation sites (tertiary alicyclic amines) is 1. The number of nitrogens with zero attached hydrogens (tertiary/aromatic N) is 1. The van der Waals surface area contributed by atoms with Crippen LogP contribution in [0.1, 0.15) is 63.0 Å². The Kier molecular flexibility index (Phi) is 5.52. The summed E-state index contributed by atoms with van der Waals surface area (Å²) in [5, 5.41) is 0. The highest BCUT2D eigenvalue weighted by molar-refractivity contribution is 5.85. The summed E-state index contributed by atoms with van der Waals surface area (Å²) in [6, 6.07) is 7.29. The quantitative estimate of drug-likeness (QED) is 0.723. The predicted octanol–water partition coefficient (Wildman–Crippen LogP) is 4.79. The zero-order valence-corrected chi connectivity index (χ0v) is 18.1. The normalized spacial score (nSPS) is 34.6. The van der Waals surface area contributed by atoms with Gasteiger partial charge in [0.15, 0.2) is 0 Å². The maximum absolute atomic E-state index is 12.8. The fourth-order valence-corrected chi connectivity index (χ4v) is 6.93. The van der Waals surface area contributed by atoms with E-state index in [4.69, 9.17) is 4.74 Å². The van der Waals surface area contributed by atoms with E-state index < -0.39 is 0 Å². The molecule has 3 nitrogen and oxygen atoms in total. The van der Waals surface area contributed by atoms with E-state index in [9.17, 15) is 4.79 Å². The lowest BCUT2D eigenvalue weighted by atomic mass is 9.49. The Morgan fingerprint density at radius 3 is 2.75 bits per heavy atom. The number of benzene rings is 1. The molecule has 2 saturated carbocycles. The molecule has 1 aromatic rings. The molecule has 154 valence electrons. The molecule has 4 aliphatic rings. The summed E-state index contributed by atoms with van der Waals surface area (Å²) in [5.41, 5.74) is 2.97. The summed E-state index contributed by atoms with van der Waals surface area (Å²) in [4.78, 5) is 15.6. The van der Waals surface area contributed by atoms with Gasteiger partial charge in [0.05, 0.1) is 7.11 Å². The minimum Gasteiger partial charge on any atom is -0.497 e. The monoisotopic (exact) mass is 403 g/mol. The van der Waals surface area contributed by atoms with Crippen LogP contribution in [-0.4, -0.2) is 36.9 Å². The van der Waals surface area contributed by atoms with Crippen molar-refractivity contribution >= 4 is 18.2 Å². The predicted molar refractivity (Wildman–Crippen MR) is 114 cm³/mol. The van der Waals surface area contributed by atoms with E-state index in [0.717, 1.165) is 50.3 Å². The van der Waals surface area contributed by atoms with Gasteiger partial charge in [-0.3, -0.25) is 9.69 Å². The van der Waals surface area contributed by atoms with Crippen LogP contribution in [0.4, 0.5) is 0 Å². The van der Waals surface area contributed by atoms with Gasteiger partial charge in [-0.15, -0.1) is 12.4 Å². The molecule has 2 bridgehead atoms. The van der Waals surface area contributed by atoms with Gasteiger partial charge in [0, 0.05) is 30.8 Å². The molecule has 5 rings (SSSR count). The molecule has 0 unspecified atom stereocenters. The molecule has 1 heterocycles. The Hall–Kier alpha value is -1.06. The molecule has 4 heteroatoms. The van der Waals surface area contributed by atoms with Gasteiger partial charge < -0.3 is 4.74 Å². The Morgan fingerprint density at radius 2 is 2.07 bits per heavy atom. The van der Waals surface area contributed by atoms with Crippen LogP contribution in [0.5, 0.6) is 5.75 Å². The first kappa shape index (κ1) is 20.2. The van der Waals surface area contributed by atoms with Gasteiger partial charge in [-0.25, -0.2) is 0 Å². The molecule has 28 heavy (non-hydrogen) atoms. The van der Waals surface area contributed by atoms with Crippen molar-refractivity contribution < 1.29 is 9.53 Å². The van der Waals surface area contributed by atoms with Crippen LogP contribution in [0, 0.1) is 17.8 Å². The molecule has 3 aliphatic carbocycles. The first-order valence-electron chi connectivity index (χ1n) is 11.1. The Morgan fingerprint density at radius 1 is 1.25 bits per heavy atom. The van der Waals surface area contributed by atoms with Crippen molar-refractivity contribution in [3.63, 3.8) is 0 Å². The van der Waals surface area contributed by atoms with Gasteiger partial charge in [-0.05, 0) is 73.2 Å². The molecule has 0 amide bonds. The van der Waals surface area contributed by atoms with E-state index in [1.165, 1.54) is 36.9 Å². The second-order valence-corrected chi connectivity index (χ2v) is 9.61. The van der Waals surface area contributed by atoms with Crippen LogP contribution in [0.25, 0.3) is 0 Å². The largest absolute Gasteiger partial charge is 0.497 e. The Balaban J connectivity index is 0.00000192. The molecule has 1 aromatic carbocycles. The smallest absolute Gasteiger partial charge is 0.134 e. The molecule has 0 spiro atoms. The molecule has 0 aromatic heterocycles. The highest BCUT2D eigenvalue weighted by atomic mass is 35.5. The van der Waals surface area contributed by atoms with Crippen molar-refractivity contribution in [3.05, 3.63) is 29.3 Å². The lowest BCUT2D eigenvalue weighted by Gasteiger charge is -2.61. The molecule has 1 saturated heterocycles. The van der Waals surface area contributed by atoms with Crippen molar-refractivity contribution in [3.8, 4) is 5.75 Å². The second kappa shape index (κ2) is 7.65. The number of ketones is 1. The number of rotatable bonds is 4. The van der Waals surface area contributed by atoms with Crippen molar-refractivity contribution in [2.75, 3.05) is 20.2 Å². The lowest BCUT2D eigenvalue weighted by Crippen LogP contribution is -2.64. The van der Waals surface area contributed by atoms with Crippen molar-refractivity contribution in [2.45, 2.75) is 69.7 Å². The summed E-state index contributed by atoms with van der Waals surface area (Å²) in [5.74, 6) is 3.52. The van der Waals surface area contributed by atoms with Crippen molar-refractivity contribution in [1.82, 2.24) is 4.90 Å². The van der Waals surface area contributed by atoms with E-state index in [1.54, 1.807) is 7.11 Å². The van der Waals surface area contributed by atoms with E-state index in [0.29, 0.717) is 23.7 Å². The molecule has 0 N–H and O–H groups in total. The van der Waals surface area contributed by atoms with Crippen LogP contribution < -0.4 is 4.74 Å². The number of hydrogen-bond acceptors (Lipinski definition) is 3. The van der Waals surface area contributed by atoms with Gasteiger partial charge in [0.1, 0.15) is 11.5 Å². The highest BCUT2D eigenvalue weighted by Crippen LogP contribution is 2.58. The van der Waals surface area contributed by atoms with Gasteiger partial charge in [0.25, 0.3) is 0 Å². The van der Waals surface area contributed by atoms with Gasteiger partial charge in [-0.1, -0.05) is 25.8 Å². The average Bonchev–Trinajstić information content (AvgIpc) is 2.64. The molecular formula is C24H34ClNO2. The van der Waals surface area contributed by atoms with Crippen LogP contribution in [-0.2, 0) is 16.6 Å². The molecular weight excluding hydrogens is 370 g/mol. The van der Waals surface area contributed by atoms with E-state index in [-0.39, 0.29) is 17.8 Å². The average molecular weight is 404 g/mol. The number of carbonyl (C=O) groups excluding carboxylic acids is 1. The first-order chi connectivity index (χ1) is 13.1. The number of methoxy groups -OCH3 is 1. The zero-order chi connectivity index (χ0) is 18.6. The summed E-state index contributed by atoms with van der Waals surface area (Å²) in [6.07, 6.45) is 9.24. The Labute approximate surface area is 175 Å². The zero-order valence-electron chi connectivity index (χ0n) is 17.3. The maximum Gasteiger partial charge on any atom is 0.134 e. The standard InChI is InChI=1S/C24H33NO2.ClH/c1-3-17-11-19(26)14-24-9-10-25(15-16-5-4-6-16)22(23(17)24)12-18-7-8-20(27-2)13-21(18)24;/h7-8,13,16-17,22-23H,3-6,9-12,14-15H2,1-2H3;1H/t17-,22+,23-,24+;/m0./s1. The fourth-order valence-electron chi connectivity index (χ4n) is 6.93. The Bertz CT molecular complexity index is 746. The number of Topliss-reactive ketones (excluding diaryl/α,β-unsaturated/α-hetero) is 1. The molecule has 4 atom stereocenters. The lowest BCUT2D eigenvalue weighted by molar-refractivity contribution is -0.132. The third-order valence-corrected chi connectivity index (χ3v) is 8.40. The maximum atomic E-state index is 12.8. The third kappa shape index (κ3) is 3.01. The first-order valence-corrected chi connectivity index (χ1v) is 11.1. The fraction of sp³-hybridized carbons (Fsp3) is 0.708. The van der Waals surface area contributed by atoms with Crippen LogP contribution in [0.3, 0.4) is 0 Å². The molecule has 3 fully saturated rings. The number of ether oxygens (including phenoxy) is 1. The number of carbonyl (C=O) groups is 1. The van der Waals surface area contributed by atoms with Crippen LogP contribution in [0.15, 0.2) is 18.2 Å². The molecule has 1 aliphatic heterocycles. The van der Waals surface area contributed by atoms with E-state index >= 15 is 0 Å². The minimum absolute atomic E-state index is 0. The van der Waals surface area contributed by atoms with Crippen LogP contribution >= 0.6 is 12.4 Å². The third-order valence-electron chi connectivity index (χ3n) is 8.40. The summed E-state index contributed by atoms with van der Waals surface area (Å²) < 4.78 is 5.57. The van der Waals surface area contributed by atoms with Crippen molar-refractivity contribution in [2.24, 2.45) is 17.8 Å². The number of fused-ring (bicyclic) bond motifs is 1. The van der Waals surface area contributed by atoms with E-state index in [1.807, 2.05) is 0 Å². The number of halogens is 1. The summed E-state index contributed by atoms with van der Waals surface area (Å²) in [7, 11) is 1.75.